The monoisotopic (exact) mass is 146 g/mol. The summed E-state index contributed by atoms with van der Waals surface area (Å²) in [4.78, 5) is 10.2. The first-order valence-electron chi connectivity index (χ1n) is 3.28. The van der Waals surface area contributed by atoms with Gasteiger partial charge in [0.1, 0.15) is 13.1 Å². The topological polar surface area (TPSA) is 35.5 Å². The minimum absolute atomic E-state index is 0.0579. The van der Waals surface area contributed by atoms with Crippen LogP contribution in [0.2, 0.25) is 0 Å². The molecule has 3 heteroatoms. The molecule has 0 radical (unpaired) electrons. The lowest BCUT2D eigenvalue weighted by molar-refractivity contribution is -0.120. The summed E-state index contributed by atoms with van der Waals surface area (Å²) < 4.78 is 9.76. The van der Waals surface area contributed by atoms with Gasteiger partial charge in [-0.25, -0.2) is 0 Å². The second kappa shape index (κ2) is 5.38. The zero-order valence-corrected chi connectivity index (χ0v) is 6.66. The average Bonchev–Trinajstić information content (AvgIpc) is 1.98. The Morgan fingerprint density at radius 2 is 2.10 bits per heavy atom. The largest absolute Gasteiger partial charge is 0.359 e. The highest BCUT2D eigenvalue weighted by atomic mass is 16.7. The highest BCUT2D eigenvalue weighted by Gasteiger charge is 2.10. The van der Waals surface area contributed by atoms with Gasteiger partial charge >= 0.3 is 0 Å². The van der Waals surface area contributed by atoms with E-state index in [0.29, 0.717) is 0 Å². The van der Waals surface area contributed by atoms with Gasteiger partial charge in [-0.2, -0.15) is 0 Å². The zero-order valence-electron chi connectivity index (χ0n) is 6.66. The minimum atomic E-state index is -0.0600. The number of aldehydes is 1. The van der Waals surface area contributed by atoms with E-state index in [1.54, 1.807) is 7.11 Å². The number of rotatable bonds is 5. The van der Waals surface area contributed by atoms with Crippen LogP contribution in [-0.4, -0.2) is 26.3 Å². The summed E-state index contributed by atoms with van der Waals surface area (Å²) in [6.07, 6.45) is 0.817. The fourth-order valence-electron chi connectivity index (χ4n) is 0.438. The van der Waals surface area contributed by atoms with Gasteiger partial charge in [0.2, 0.25) is 0 Å². The van der Waals surface area contributed by atoms with Crippen LogP contribution >= 0.6 is 0 Å². The van der Waals surface area contributed by atoms with Crippen molar-refractivity contribution in [3.8, 4) is 0 Å². The van der Waals surface area contributed by atoms with E-state index in [4.69, 9.17) is 4.74 Å². The molecule has 0 N–H and O–H groups in total. The molecule has 2 atom stereocenters. The van der Waals surface area contributed by atoms with Crippen LogP contribution in [0.4, 0.5) is 0 Å². The lowest BCUT2D eigenvalue weighted by atomic mass is 10.1. The minimum Gasteiger partial charge on any atom is -0.359 e. The predicted octanol–water partition coefficient (Wildman–Crippen LogP) is 0.830. The van der Waals surface area contributed by atoms with E-state index < -0.39 is 0 Å². The fraction of sp³-hybridized carbons (Fsp3) is 0.857. The van der Waals surface area contributed by atoms with Crippen molar-refractivity contribution in [2.24, 2.45) is 5.92 Å². The summed E-state index contributed by atoms with van der Waals surface area (Å²) in [6.45, 7) is 3.91. The van der Waals surface area contributed by atoms with Gasteiger partial charge in [-0.15, -0.1) is 0 Å². The Morgan fingerprint density at radius 3 is 2.50 bits per heavy atom. The van der Waals surface area contributed by atoms with Crippen molar-refractivity contribution in [3.63, 3.8) is 0 Å². The van der Waals surface area contributed by atoms with Crippen LogP contribution in [0.15, 0.2) is 0 Å². The first-order chi connectivity index (χ1) is 4.72. The molecule has 0 aliphatic heterocycles. The molecular weight excluding hydrogens is 132 g/mol. The van der Waals surface area contributed by atoms with Gasteiger partial charge in [-0.1, -0.05) is 6.92 Å². The highest BCUT2D eigenvalue weighted by Crippen LogP contribution is 2.02. The molecule has 0 fully saturated rings. The maximum Gasteiger partial charge on any atom is 0.146 e. The second-order valence-electron chi connectivity index (χ2n) is 2.27. The maximum absolute atomic E-state index is 10.2. The Morgan fingerprint density at radius 1 is 1.50 bits per heavy atom. The molecule has 0 saturated heterocycles. The molecule has 0 heterocycles. The molecular formula is C7H14O3. The van der Waals surface area contributed by atoms with E-state index in [0.717, 1.165) is 6.29 Å². The van der Waals surface area contributed by atoms with Crippen LogP contribution in [0.1, 0.15) is 13.8 Å². The van der Waals surface area contributed by atoms with Crippen LogP contribution in [0.25, 0.3) is 0 Å². The number of carbonyl (C=O) groups excluding carboxylic acids is 1. The molecule has 3 nitrogen and oxygen atoms in total. The van der Waals surface area contributed by atoms with Gasteiger partial charge in [0.25, 0.3) is 0 Å². The summed E-state index contributed by atoms with van der Waals surface area (Å²) >= 11 is 0. The summed E-state index contributed by atoms with van der Waals surface area (Å²) in [7, 11) is 1.55. The van der Waals surface area contributed by atoms with Crippen molar-refractivity contribution in [1.29, 1.82) is 0 Å². The van der Waals surface area contributed by atoms with Crippen molar-refractivity contribution in [2.45, 2.75) is 20.0 Å². The van der Waals surface area contributed by atoms with E-state index in [1.807, 2.05) is 13.8 Å². The average molecular weight is 146 g/mol. The fourth-order valence-corrected chi connectivity index (χ4v) is 0.438. The molecule has 0 aromatic carbocycles. The first-order valence-corrected chi connectivity index (χ1v) is 3.28. The van der Waals surface area contributed by atoms with Gasteiger partial charge < -0.3 is 14.3 Å². The highest BCUT2D eigenvalue weighted by molar-refractivity contribution is 5.53. The lowest BCUT2D eigenvalue weighted by Crippen LogP contribution is -2.20. The third kappa shape index (κ3) is 3.58. The first kappa shape index (κ1) is 9.59. The van der Waals surface area contributed by atoms with Crippen LogP contribution in [0.5, 0.6) is 0 Å². The van der Waals surface area contributed by atoms with E-state index in [1.165, 1.54) is 0 Å². The number of ether oxygens (including phenoxy) is 2. The molecule has 0 amide bonds. The number of hydrogen-bond donors (Lipinski definition) is 0. The molecule has 10 heavy (non-hydrogen) atoms. The van der Waals surface area contributed by atoms with Gasteiger partial charge in [0.05, 0.1) is 6.10 Å². The lowest BCUT2D eigenvalue weighted by Gasteiger charge is -2.14. The van der Waals surface area contributed by atoms with Crippen molar-refractivity contribution in [2.75, 3.05) is 13.9 Å². The summed E-state index contributed by atoms with van der Waals surface area (Å²) in [5.41, 5.74) is 0. The van der Waals surface area contributed by atoms with Crippen molar-refractivity contribution >= 4 is 6.29 Å². The number of hydrogen-bond acceptors (Lipinski definition) is 3. The van der Waals surface area contributed by atoms with Gasteiger partial charge in [0, 0.05) is 13.0 Å². The summed E-state index contributed by atoms with van der Waals surface area (Å²) in [6, 6.07) is 0. The zero-order chi connectivity index (χ0) is 7.98. The molecule has 0 bridgehead atoms. The van der Waals surface area contributed by atoms with Gasteiger partial charge in [-0.05, 0) is 6.92 Å². The Hall–Kier alpha value is -0.410. The smallest absolute Gasteiger partial charge is 0.146 e. The molecule has 0 aliphatic rings. The predicted molar refractivity (Wildman–Crippen MR) is 37.7 cm³/mol. The van der Waals surface area contributed by atoms with E-state index in [2.05, 4.69) is 4.74 Å². The Labute approximate surface area is 61.3 Å². The quantitative estimate of drug-likeness (QED) is 0.425. The molecule has 60 valence electrons. The normalized spacial score (nSPS) is 16.3. The van der Waals surface area contributed by atoms with Crippen LogP contribution in [0.3, 0.4) is 0 Å². The standard InChI is InChI=1S/C7H14O3/c1-6(4-8)7(2)10-5-9-3/h4,6-7H,5H2,1-3H3/t6-,7+/m1/s1. The molecule has 0 unspecified atom stereocenters. The number of methoxy groups -OCH3 is 1. The Bertz CT molecular complexity index is 92.9. The van der Waals surface area contributed by atoms with Crippen LogP contribution < -0.4 is 0 Å². The van der Waals surface area contributed by atoms with Crippen molar-refractivity contribution in [1.82, 2.24) is 0 Å². The third-order valence-electron chi connectivity index (χ3n) is 1.40. The molecule has 0 aromatic rings. The van der Waals surface area contributed by atoms with E-state index in [9.17, 15) is 4.79 Å². The third-order valence-corrected chi connectivity index (χ3v) is 1.40. The summed E-state index contributed by atoms with van der Waals surface area (Å²) in [5, 5.41) is 0. The van der Waals surface area contributed by atoms with E-state index >= 15 is 0 Å². The Balaban J connectivity index is 3.40. The molecule has 0 aliphatic carbocycles. The van der Waals surface area contributed by atoms with E-state index in [-0.39, 0.29) is 18.8 Å². The molecule has 0 rings (SSSR count). The molecule has 0 saturated carbocycles. The molecule has 0 aromatic heterocycles. The summed E-state index contributed by atoms with van der Waals surface area (Å²) in [5.74, 6) is -0.0600. The number of carbonyl (C=O) groups is 1. The second-order valence-corrected chi connectivity index (χ2v) is 2.27. The Kier molecular flexibility index (Phi) is 5.16. The van der Waals surface area contributed by atoms with Crippen molar-refractivity contribution < 1.29 is 14.3 Å². The van der Waals surface area contributed by atoms with Gasteiger partial charge in [-0.3, -0.25) is 0 Å². The van der Waals surface area contributed by atoms with Crippen LogP contribution in [0, 0.1) is 5.92 Å². The maximum atomic E-state index is 10.2. The SMILES string of the molecule is COCO[C@@H](C)[C@H](C)C=O. The van der Waals surface area contributed by atoms with Gasteiger partial charge in [0.15, 0.2) is 0 Å². The van der Waals surface area contributed by atoms with Crippen LogP contribution in [-0.2, 0) is 14.3 Å². The molecule has 0 spiro atoms. The van der Waals surface area contributed by atoms with Crippen molar-refractivity contribution in [3.05, 3.63) is 0 Å².